The van der Waals surface area contributed by atoms with Crippen LogP contribution in [0.1, 0.15) is 37.3 Å². The predicted molar refractivity (Wildman–Crippen MR) is 84.6 cm³/mol. The van der Waals surface area contributed by atoms with Crippen molar-refractivity contribution in [3.8, 4) is 5.75 Å². The summed E-state index contributed by atoms with van der Waals surface area (Å²) in [5, 5.41) is 3.28. The summed E-state index contributed by atoms with van der Waals surface area (Å²) in [6, 6.07) is 8.06. The van der Waals surface area contributed by atoms with E-state index in [4.69, 9.17) is 4.74 Å². The molecule has 0 bridgehead atoms. The first-order valence-corrected chi connectivity index (χ1v) is 8.88. The standard InChI is InChI=1S/C16H25NO2S/c1-17-15(14-9-5-6-10-16(14)19-2)12-20(18)11-13-7-3-4-8-13/h5-6,9-10,13,15,17H,3-4,7-8,11-12H2,1-2H3. The second kappa shape index (κ2) is 7.79. The largest absolute Gasteiger partial charge is 0.496 e. The molecule has 4 heteroatoms. The van der Waals surface area contributed by atoms with Crippen molar-refractivity contribution in [1.29, 1.82) is 0 Å². The van der Waals surface area contributed by atoms with Crippen molar-refractivity contribution in [3.63, 3.8) is 0 Å². The minimum atomic E-state index is -0.769. The van der Waals surface area contributed by atoms with E-state index < -0.39 is 10.8 Å². The molecule has 20 heavy (non-hydrogen) atoms. The summed E-state index contributed by atoms with van der Waals surface area (Å²) in [6.45, 7) is 0. The minimum Gasteiger partial charge on any atom is -0.496 e. The van der Waals surface area contributed by atoms with E-state index in [0.29, 0.717) is 11.7 Å². The van der Waals surface area contributed by atoms with E-state index in [1.54, 1.807) is 7.11 Å². The number of hydrogen-bond acceptors (Lipinski definition) is 3. The van der Waals surface area contributed by atoms with Crippen LogP contribution >= 0.6 is 0 Å². The number of ether oxygens (including phenoxy) is 1. The maximum absolute atomic E-state index is 12.4. The van der Waals surface area contributed by atoms with Crippen molar-refractivity contribution < 1.29 is 8.95 Å². The Morgan fingerprint density at radius 3 is 2.70 bits per heavy atom. The fourth-order valence-electron chi connectivity index (χ4n) is 2.98. The molecule has 1 N–H and O–H groups in total. The molecule has 2 rings (SSSR count). The summed E-state index contributed by atoms with van der Waals surface area (Å²) in [5.74, 6) is 3.05. The average molecular weight is 295 g/mol. The third-order valence-electron chi connectivity index (χ3n) is 4.11. The molecule has 1 saturated carbocycles. The quantitative estimate of drug-likeness (QED) is 0.840. The van der Waals surface area contributed by atoms with E-state index >= 15 is 0 Å². The molecule has 112 valence electrons. The maximum Gasteiger partial charge on any atom is 0.123 e. The van der Waals surface area contributed by atoms with Gasteiger partial charge in [0.25, 0.3) is 0 Å². The highest BCUT2D eigenvalue weighted by molar-refractivity contribution is 7.85. The van der Waals surface area contributed by atoms with Gasteiger partial charge in [-0.1, -0.05) is 31.0 Å². The molecule has 3 nitrogen and oxygen atoms in total. The fourth-order valence-corrected chi connectivity index (χ4v) is 4.69. The fraction of sp³-hybridized carbons (Fsp3) is 0.625. The maximum atomic E-state index is 12.4. The van der Waals surface area contributed by atoms with Crippen LogP contribution in [0.25, 0.3) is 0 Å². The number of para-hydroxylation sites is 1. The highest BCUT2D eigenvalue weighted by Crippen LogP contribution is 2.28. The minimum absolute atomic E-state index is 0.0911. The van der Waals surface area contributed by atoms with E-state index in [9.17, 15) is 4.21 Å². The summed E-state index contributed by atoms with van der Waals surface area (Å²) in [5.41, 5.74) is 1.09. The van der Waals surface area contributed by atoms with Crippen molar-refractivity contribution in [1.82, 2.24) is 5.32 Å². The van der Waals surface area contributed by atoms with Gasteiger partial charge in [-0.05, 0) is 31.9 Å². The molecule has 0 radical (unpaired) electrons. The lowest BCUT2D eigenvalue weighted by Crippen LogP contribution is -2.25. The third-order valence-corrected chi connectivity index (χ3v) is 5.66. The van der Waals surface area contributed by atoms with Gasteiger partial charge in [0.2, 0.25) is 0 Å². The lowest BCUT2D eigenvalue weighted by molar-refractivity contribution is 0.404. The normalized spacial score (nSPS) is 18.9. The lowest BCUT2D eigenvalue weighted by Gasteiger charge is -2.19. The second-order valence-corrected chi connectivity index (χ2v) is 7.05. The Morgan fingerprint density at radius 2 is 2.05 bits per heavy atom. The van der Waals surface area contributed by atoms with Crippen LogP contribution in [0.3, 0.4) is 0 Å². The predicted octanol–water partition coefficient (Wildman–Crippen LogP) is 2.89. The Balaban J connectivity index is 1.98. The summed E-state index contributed by atoms with van der Waals surface area (Å²) in [6.07, 6.45) is 5.13. The van der Waals surface area contributed by atoms with Crippen LogP contribution in [-0.2, 0) is 10.8 Å². The molecular formula is C16H25NO2S. The van der Waals surface area contributed by atoms with Gasteiger partial charge in [-0.3, -0.25) is 4.21 Å². The highest BCUT2D eigenvalue weighted by Gasteiger charge is 2.21. The smallest absolute Gasteiger partial charge is 0.123 e. The van der Waals surface area contributed by atoms with Gasteiger partial charge in [0, 0.05) is 33.9 Å². The van der Waals surface area contributed by atoms with Gasteiger partial charge in [0.15, 0.2) is 0 Å². The van der Waals surface area contributed by atoms with E-state index in [-0.39, 0.29) is 6.04 Å². The van der Waals surface area contributed by atoms with E-state index in [2.05, 4.69) is 5.32 Å². The molecule has 1 aliphatic carbocycles. The Kier molecular flexibility index (Phi) is 6.05. The van der Waals surface area contributed by atoms with Gasteiger partial charge in [-0.25, -0.2) is 0 Å². The Bertz CT molecular complexity index is 444. The van der Waals surface area contributed by atoms with Crippen LogP contribution in [0.2, 0.25) is 0 Å². The zero-order valence-corrected chi connectivity index (χ0v) is 13.2. The van der Waals surface area contributed by atoms with Gasteiger partial charge in [-0.2, -0.15) is 0 Å². The zero-order chi connectivity index (χ0) is 14.4. The SMILES string of the molecule is CNC(CS(=O)CC1CCCC1)c1ccccc1OC. The molecule has 1 fully saturated rings. The van der Waals surface area contributed by atoms with Crippen molar-refractivity contribution in [3.05, 3.63) is 29.8 Å². The van der Waals surface area contributed by atoms with E-state index in [1.807, 2.05) is 31.3 Å². The van der Waals surface area contributed by atoms with Crippen molar-refractivity contribution in [2.75, 3.05) is 25.7 Å². The molecule has 2 unspecified atom stereocenters. The molecule has 0 spiro atoms. The summed E-state index contributed by atoms with van der Waals surface area (Å²) >= 11 is 0. The van der Waals surface area contributed by atoms with Crippen molar-refractivity contribution in [2.45, 2.75) is 31.7 Å². The summed E-state index contributed by atoms with van der Waals surface area (Å²) < 4.78 is 17.8. The Morgan fingerprint density at radius 1 is 1.35 bits per heavy atom. The zero-order valence-electron chi connectivity index (χ0n) is 12.4. The average Bonchev–Trinajstić information content (AvgIpc) is 2.97. The monoisotopic (exact) mass is 295 g/mol. The van der Waals surface area contributed by atoms with E-state index in [0.717, 1.165) is 17.1 Å². The van der Waals surface area contributed by atoms with Gasteiger partial charge in [-0.15, -0.1) is 0 Å². The Labute approximate surface area is 124 Å². The molecule has 2 atom stereocenters. The van der Waals surface area contributed by atoms with Crippen LogP contribution in [0.4, 0.5) is 0 Å². The molecule has 0 amide bonds. The molecule has 1 aliphatic rings. The first-order valence-electron chi connectivity index (χ1n) is 7.39. The second-order valence-electron chi connectivity index (χ2n) is 5.51. The van der Waals surface area contributed by atoms with Gasteiger partial charge in [0.05, 0.1) is 7.11 Å². The number of methoxy groups -OCH3 is 1. The molecular weight excluding hydrogens is 270 g/mol. The molecule has 0 heterocycles. The van der Waals surface area contributed by atoms with Crippen molar-refractivity contribution in [2.24, 2.45) is 5.92 Å². The molecule has 0 aromatic heterocycles. The molecule has 1 aromatic carbocycles. The number of nitrogens with one attached hydrogen (secondary N) is 1. The molecule has 0 aliphatic heterocycles. The first kappa shape index (κ1) is 15.5. The van der Waals surface area contributed by atoms with Crippen LogP contribution in [0.15, 0.2) is 24.3 Å². The topological polar surface area (TPSA) is 38.3 Å². The number of rotatable bonds is 7. The highest BCUT2D eigenvalue weighted by atomic mass is 32.2. The third kappa shape index (κ3) is 4.06. The number of hydrogen-bond donors (Lipinski definition) is 1. The molecule has 1 aromatic rings. The van der Waals surface area contributed by atoms with Crippen LogP contribution in [0, 0.1) is 5.92 Å². The van der Waals surface area contributed by atoms with Gasteiger partial charge in [0.1, 0.15) is 5.75 Å². The van der Waals surface area contributed by atoms with Crippen LogP contribution in [-0.4, -0.2) is 29.9 Å². The number of benzene rings is 1. The summed E-state index contributed by atoms with van der Waals surface area (Å²) in [4.78, 5) is 0. The Hall–Kier alpha value is -0.870. The van der Waals surface area contributed by atoms with E-state index in [1.165, 1.54) is 25.7 Å². The molecule has 0 saturated heterocycles. The van der Waals surface area contributed by atoms with Crippen molar-refractivity contribution >= 4 is 10.8 Å². The van der Waals surface area contributed by atoms with Crippen LogP contribution in [0.5, 0.6) is 5.75 Å². The van der Waals surface area contributed by atoms with Crippen LogP contribution < -0.4 is 10.1 Å². The first-order chi connectivity index (χ1) is 9.74. The lowest BCUT2D eigenvalue weighted by atomic mass is 10.1. The van der Waals surface area contributed by atoms with Gasteiger partial charge < -0.3 is 10.1 Å². The van der Waals surface area contributed by atoms with Gasteiger partial charge >= 0.3 is 0 Å². The summed E-state index contributed by atoms with van der Waals surface area (Å²) in [7, 11) is 2.83.